The van der Waals surface area contributed by atoms with Crippen LogP contribution in [-0.4, -0.2) is 37.3 Å². The molecule has 1 amide bonds. The van der Waals surface area contributed by atoms with Crippen LogP contribution in [0.5, 0.6) is 11.5 Å². The minimum atomic E-state index is -0.0960. The van der Waals surface area contributed by atoms with E-state index in [0.29, 0.717) is 12.1 Å². The van der Waals surface area contributed by atoms with Crippen molar-refractivity contribution in [2.45, 2.75) is 5.37 Å². The van der Waals surface area contributed by atoms with Gasteiger partial charge in [-0.1, -0.05) is 42.5 Å². The van der Waals surface area contributed by atoms with Crippen LogP contribution in [0, 0.1) is 0 Å². The highest BCUT2D eigenvalue weighted by Gasteiger charge is 2.33. The number of rotatable bonds is 5. The van der Waals surface area contributed by atoms with Gasteiger partial charge in [-0.05, 0) is 41.5 Å². The normalized spacial score (nSPS) is 15.9. The monoisotopic (exact) mass is 405 g/mol. The molecule has 0 N–H and O–H groups in total. The van der Waals surface area contributed by atoms with E-state index in [1.165, 1.54) is 0 Å². The molecule has 1 aliphatic rings. The Bertz CT molecular complexity index is 989. The first-order chi connectivity index (χ1) is 14.2. The van der Waals surface area contributed by atoms with Crippen LogP contribution < -0.4 is 9.47 Å². The van der Waals surface area contributed by atoms with Gasteiger partial charge in [0.2, 0.25) is 0 Å². The molecule has 1 saturated heterocycles. The van der Waals surface area contributed by atoms with E-state index in [4.69, 9.17) is 9.47 Å². The third-order valence-corrected chi connectivity index (χ3v) is 6.34. The Balaban J connectivity index is 1.60. The van der Waals surface area contributed by atoms with Crippen molar-refractivity contribution < 1.29 is 14.3 Å². The van der Waals surface area contributed by atoms with Gasteiger partial charge in [0.1, 0.15) is 16.9 Å². The van der Waals surface area contributed by atoms with E-state index >= 15 is 0 Å². The predicted molar refractivity (Wildman–Crippen MR) is 118 cm³/mol. The van der Waals surface area contributed by atoms with Gasteiger partial charge in [-0.2, -0.15) is 0 Å². The lowest BCUT2D eigenvalue weighted by atomic mass is 10.0. The number of carbonyl (C=O) groups excluding carboxylic acids is 1. The standard InChI is InChI=1S/C24H23NO3S/c1-27-20-12-13-22(28-2)21(16-20)24-25(14-15-29-24)23(26)19-10-8-18(9-11-19)17-6-4-3-5-7-17/h3-13,16,24H,14-15H2,1-2H3/t24-/m0/s1. The molecule has 5 heteroatoms. The van der Waals surface area contributed by atoms with Crippen molar-refractivity contribution in [1.82, 2.24) is 4.90 Å². The Hall–Kier alpha value is -2.92. The number of carbonyl (C=O) groups is 1. The smallest absolute Gasteiger partial charge is 0.255 e. The van der Waals surface area contributed by atoms with Crippen molar-refractivity contribution in [3.05, 3.63) is 83.9 Å². The highest BCUT2D eigenvalue weighted by atomic mass is 32.2. The van der Waals surface area contributed by atoms with E-state index in [2.05, 4.69) is 12.1 Å². The molecule has 0 aromatic heterocycles. The van der Waals surface area contributed by atoms with E-state index in [9.17, 15) is 4.79 Å². The third-order valence-electron chi connectivity index (χ3n) is 5.09. The second kappa shape index (κ2) is 8.62. The highest BCUT2D eigenvalue weighted by Crippen LogP contribution is 2.43. The number of hydrogen-bond acceptors (Lipinski definition) is 4. The SMILES string of the molecule is COc1ccc(OC)c([C@@H]2SCCN2C(=O)c2ccc(-c3ccccc3)cc2)c1. The van der Waals surface area contributed by atoms with Crippen molar-refractivity contribution in [2.24, 2.45) is 0 Å². The Kier molecular flexibility index (Phi) is 5.76. The fourth-order valence-corrected chi connectivity index (χ4v) is 4.84. The summed E-state index contributed by atoms with van der Waals surface area (Å²) in [6.45, 7) is 0.703. The van der Waals surface area contributed by atoms with Crippen LogP contribution >= 0.6 is 11.8 Å². The molecule has 3 aromatic carbocycles. The number of ether oxygens (including phenoxy) is 2. The van der Waals surface area contributed by atoms with Crippen LogP contribution in [-0.2, 0) is 0 Å². The lowest BCUT2D eigenvalue weighted by molar-refractivity contribution is 0.0759. The first kappa shape index (κ1) is 19.4. The second-order valence-electron chi connectivity index (χ2n) is 6.77. The van der Waals surface area contributed by atoms with Gasteiger partial charge < -0.3 is 14.4 Å². The maximum atomic E-state index is 13.3. The minimum absolute atomic E-state index is 0.0319. The van der Waals surface area contributed by atoms with Gasteiger partial charge in [0.05, 0.1) is 14.2 Å². The zero-order valence-electron chi connectivity index (χ0n) is 16.5. The van der Waals surface area contributed by atoms with Crippen molar-refractivity contribution in [3.63, 3.8) is 0 Å². The molecule has 1 aliphatic heterocycles. The van der Waals surface area contributed by atoms with Crippen molar-refractivity contribution >= 4 is 17.7 Å². The Morgan fingerprint density at radius 1 is 0.931 bits per heavy atom. The Labute approximate surface area is 175 Å². The fraction of sp³-hybridized carbons (Fsp3) is 0.208. The summed E-state index contributed by atoms with van der Waals surface area (Å²) in [7, 11) is 3.30. The molecule has 0 aliphatic carbocycles. The molecule has 29 heavy (non-hydrogen) atoms. The molecule has 148 valence electrons. The highest BCUT2D eigenvalue weighted by molar-refractivity contribution is 7.99. The van der Waals surface area contributed by atoms with Crippen LogP contribution in [0.2, 0.25) is 0 Å². The second-order valence-corrected chi connectivity index (χ2v) is 7.96. The van der Waals surface area contributed by atoms with E-state index < -0.39 is 0 Å². The summed E-state index contributed by atoms with van der Waals surface area (Å²) in [4.78, 5) is 15.2. The molecule has 1 atom stereocenters. The third kappa shape index (κ3) is 3.96. The van der Waals surface area contributed by atoms with Gasteiger partial charge in [-0.25, -0.2) is 0 Å². The molecule has 0 saturated carbocycles. The summed E-state index contributed by atoms with van der Waals surface area (Å²) in [5.74, 6) is 2.44. The zero-order chi connectivity index (χ0) is 20.2. The first-order valence-electron chi connectivity index (χ1n) is 9.51. The average molecular weight is 406 g/mol. The van der Waals surface area contributed by atoms with Gasteiger partial charge in [0.15, 0.2) is 0 Å². The Morgan fingerprint density at radius 2 is 1.66 bits per heavy atom. The van der Waals surface area contributed by atoms with Crippen LogP contribution in [0.3, 0.4) is 0 Å². The quantitative estimate of drug-likeness (QED) is 0.580. The summed E-state index contributed by atoms with van der Waals surface area (Å²) >= 11 is 1.74. The van der Waals surface area contributed by atoms with Crippen LogP contribution in [0.15, 0.2) is 72.8 Å². The van der Waals surface area contributed by atoms with Crippen molar-refractivity contribution in [1.29, 1.82) is 0 Å². The fourth-order valence-electron chi connectivity index (χ4n) is 3.57. The molecular weight excluding hydrogens is 382 g/mol. The molecule has 0 unspecified atom stereocenters. The maximum absolute atomic E-state index is 13.3. The number of methoxy groups -OCH3 is 2. The lowest BCUT2D eigenvalue weighted by Gasteiger charge is -2.26. The molecule has 0 spiro atoms. The molecule has 3 aromatic rings. The van der Waals surface area contributed by atoms with Crippen LogP contribution in [0.1, 0.15) is 21.3 Å². The Morgan fingerprint density at radius 3 is 2.34 bits per heavy atom. The molecule has 0 radical (unpaired) electrons. The number of hydrogen-bond donors (Lipinski definition) is 0. The van der Waals surface area contributed by atoms with Gasteiger partial charge in [-0.3, -0.25) is 4.79 Å². The van der Waals surface area contributed by atoms with Crippen molar-refractivity contribution in [3.8, 4) is 22.6 Å². The maximum Gasteiger partial charge on any atom is 0.255 e. The molecule has 4 nitrogen and oxygen atoms in total. The predicted octanol–water partition coefficient (Wildman–Crippen LogP) is 5.26. The lowest BCUT2D eigenvalue weighted by Crippen LogP contribution is -2.30. The summed E-state index contributed by atoms with van der Waals surface area (Å²) in [6, 6.07) is 23.7. The minimum Gasteiger partial charge on any atom is -0.497 e. The van der Waals surface area contributed by atoms with Gasteiger partial charge in [0.25, 0.3) is 5.91 Å². The molecule has 1 heterocycles. The van der Waals surface area contributed by atoms with E-state index in [1.807, 2.05) is 65.6 Å². The number of benzene rings is 3. The summed E-state index contributed by atoms with van der Waals surface area (Å²) < 4.78 is 10.9. The largest absolute Gasteiger partial charge is 0.497 e. The zero-order valence-corrected chi connectivity index (χ0v) is 17.3. The topological polar surface area (TPSA) is 38.8 Å². The summed E-state index contributed by atoms with van der Waals surface area (Å²) in [5, 5.41) is -0.0960. The number of nitrogens with zero attached hydrogens (tertiary/aromatic N) is 1. The molecular formula is C24H23NO3S. The molecule has 4 rings (SSSR count). The van der Waals surface area contributed by atoms with Crippen molar-refractivity contribution in [2.75, 3.05) is 26.5 Å². The van der Waals surface area contributed by atoms with Crippen LogP contribution in [0.25, 0.3) is 11.1 Å². The van der Waals surface area contributed by atoms with E-state index in [0.717, 1.165) is 33.9 Å². The van der Waals surface area contributed by atoms with Crippen LogP contribution in [0.4, 0.5) is 0 Å². The average Bonchev–Trinajstić information content (AvgIpc) is 3.28. The van der Waals surface area contributed by atoms with Gasteiger partial charge >= 0.3 is 0 Å². The summed E-state index contributed by atoms with van der Waals surface area (Å²) in [6.07, 6.45) is 0. The number of amides is 1. The molecule has 1 fully saturated rings. The van der Waals surface area contributed by atoms with E-state index in [1.54, 1.807) is 26.0 Å². The van der Waals surface area contributed by atoms with E-state index in [-0.39, 0.29) is 11.3 Å². The first-order valence-corrected chi connectivity index (χ1v) is 10.6. The molecule has 0 bridgehead atoms. The van der Waals surface area contributed by atoms with Gasteiger partial charge in [0, 0.05) is 23.4 Å². The summed E-state index contributed by atoms with van der Waals surface area (Å²) in [5.41, 5.74) is 3.90. The number of thioether (sulfide) groups is 1. The van der Waals surface area contributed by atoms with Gasteiger partial charge in [-0.15, -0.1) is 11.8 Å².